The van der Waals surface area contributed by atoms with Crippen molar-refractivity contribution in [3.63, 3.8) is 0 Å². The average molecular weight is 436 g/mol. The number of aryl methyl sites for hydroxylation is 3. The highest BCUT2D eigenvalue weighted by molar-refractivity contribution is 5.76. The zero-order valence-electron chi connectivity index (χ0n) is 18.4. The van der Waals surface area contributed by atoms with Gasteiger partial charge in [0.2, 0.25) is 0 Å². The third-order valence-electron chi connectivity index (χ3n) is 5.67. The van der Waals surface area contributed by atoms with Gasteiger partial charge in [0.1, 0.15) is 18.5 Å². The number of nitrogens with one attached hydrogen (secondary N) is 1. The summed E-state index contributed by atoms with van der Waals surface area (Å²) in [7, 11) is 3.47. The van der Waals surface area contributed by atoms with Crippen molar-refractivity contribution in [2.75, 3.05) is 13.2 Å². The van der Waals surface area contributed by atoms with Gasteiger partial charge in [0.15, 0.2) is 0 Å². The molecule has 0 bridgehead atoms. The van der Waals surface area contributed by atoms with Crippen LogP contribution in [0.25, 0.3) is 11.0 Å². The zero-order valence-corrected chi connectivity index (χ0v) is 18.4. The fourth-order valence-electron chi connectivity index (χ4n) is 3.74. The van der Waals surface area contributed by atoms with Gasteiger partial charge >= 0.3 is 5.69 Å². The predicted octanol–water partition coefficient (Wildman–Crippen LogP) is 2.37. The van der Waals surface area contributed by atoms with E-state index in [-0.39, 0.29) is 12.3 Å². The first kappa shape index (κ1) is 21.9. The van der Waals surface area contributed by atoms with Gasteiger partial charge in [-0.3, -0.25) is 9.13 Å². The molecule has 0 unspecified atom stereocenters. The second-order valence-corrected chi connectivity index (χ2v) is 7.95. The molecule has 8 heteroatoms. The maximum atomic E-state index is 12.1. The maximum Gasteiger partial charge on any atom is 0.328 e. The number of ether oxygens (including phenoxy) is 1. The van der Waals surface area contributed by atoms with Crippen molar-refractivity contribution in [3.8, 4) is 5.75 Å². The largest absolute Gasteiger partial charge is 0.491 e. The summed E-state index contributed by atoms with van der Waals surface area (Å²) in [6.45, 7) is 2.82. The number of hydrogen-bond donors (Lipinski definition) is 2. The summed E-state index contributed by atoms with van der Waals surface area (Å²) in [6.07, 6.45) is 5.85. The molecule has 2 heterocycles. The lowest BCUT2D eigenvalue weighted by Crippen LogP contribution is -2.19. The van der Waals surface area contributed by atoms with Crippen LogP contribution in [0.4, 0.5) is 0 Å². The number of benzene rings is 2. The molecule has 4 aromatic rings. The third kappa shape index (κ3) is 4.92. The van der Waals surface area contributed by atoms with Crippen molar-refractivity contribution >= 4 is 11.0 Å². The van der Waals surface area contributed by atoms with Crippen LogP contribution in [0.5, 0.6) is 5.75 Å². The summed E-state index contributed by atoms with van der Waals surface area (Å²) in [5, 5.41) is 14.0. The minimum Gasteiger partial charge on any atom is -0.491 e. The van der Waals surface area contributed by atoms with Gasteiger partial charge in [-0.15, -0.1) is 0 Å². The van der Waals surface area contributed by atoms with E-state index in [4.69, 9.17) is 4.74 Å². The predicted molar refractivity (Wildman–Crippen MR) is 124 cm³/mol. The van der Waals surface area contributed by atoms with Crippen LogP contribution in [0.15, 0.2) is 66.0 Å². The number of nitrogens with zero attached hydrogens (tertiary/aromatic N) is 4. The lowest BCUT2D eigenvalue weighted by molar-refractivity contribution is 0.108. The van der Waals surface area contributed by atoms with E-state index >= 15 is 0 Å². The summed E-state index contributed by atoms with van der Waals surface area (Å²) in [5.41, 5.74) is 3.43. The van der Waals surface area contributed by atoms with Crippen LogP contribution in [0, 0.1) is 0 Å². The minimum absolute atomic E-state index is 0.0873. The molecular formula is C24H29N5O3. The Morgan fingerprint density at radius 3 is 2.62 bits per heavy atom. The average Bonchev–Trinajstić information content (AvgIpc) is 3.41. The van der Waals surface area contributed by atoms with Gasteiger partial charge in [-0.05, 0) is 48.4 Å². The molecule has 168 valence electrons. The van der Waals surface area contributed by atoms with E-state index in [1.54, 1.807) is 29.4 Å². The molecular weight excluding hydrogens is 406 g/mol. The molecule has 1 atom stereocenters. The van der Waals surface area contributed by atoms with Crippen LogP contribution >= 0.6 is 0 Å². The Morgan fingerprint density at radius 1 is 1.09 bits per heavy atom. The lowest BCUT2D eigenvalue weighted by atomic mass is 10.1. The zero-order chi connectivity index (χ0) is 22.5. The van der Waals surface area contributed by atoms with Gasteiger partial charge < -0.3 is 19.7 Å². The van der Waals surface area contributed by atoms with Crippen LogP contribution in [-0.4, -0.2) is 36.9 Å². The van der Waals surface area contributed by atoms with E-state index in [1.165, 1.54) is 5.56 Å². The van der Waals surface area contributed by atoms with Gasteiger partial charge in [-0.25, -0.2) is 9.78 Å². The Bertz CT molecular complexity index is 1210. The van der Waals surface area contributed by atoms with E-state index in [1.807, 2.05) is 55.0 Å². The monoisotopic (exact) mass is 435 g/mol. The normalized spacial score (nSPS) is 12.3. The second kappa shape index (κ2) is 9.84. The molecule has 2 aromatic heterocycles. The van der Waals surface area contributed by atoms with Gasteiger partial charge in [0.25, 0.3) is 0 Å². The first-order chi connectivity index (χ1) is 15.5. The topological polar surface area (TPSA) is 86.2 Å². The number of aliphatic hydroxyl groups is 1. The lowest BCUT2D eigenvalue weighted by Gasteiger charge is -2.14. The number of aromatic nitrogens is 4. The maximum absolute atomic E-state index is 12.1. The molecule has 0 aliphatic heterocycles. The molecule has 0 spiro atoms. The number of fused-ring (bicyclic) bond motifs is 1. The summed E-state index contributed by atoms with van der Waals surface area (Å²) in [4.78, 5) is 16.1. The molecule has 32 heavy (non-hydrogen) atoms. The van der Waals surface area contributed by atoms with E-state index in [0.717, 1.165) is 42.7 Å². The van der Waals surface area contributed by atoms with E-state index < -0.39 is 6.10 Å². The van der Waals surface area contributed by atoms with Crippen molar-refractivity contribution in [2.45, 2.75) is 25.6 Å². The molecule has 2 N–H and O–H groups in total. The van der Waals surface area contributed by atoms with Crippen molar-refractivity contribution in [1.29, 1.82) is 0 Å². The SMILES string of the molecule is Cn1c(=O)n(C)c2cc([C@@H](O)COc3ccc(CNCCCn4ccnc4)cc3)ccc21. The van der Waals surface area contributed by atoms with Crippen LogP contribution in [0.1, 0.15) is 23.7 Å². The number of imidazole rings is 2. The molecule has 8 nitrogen and oxygen atoms in total. The molecule has 0 aliphatic carbocycles. The molecule has 0 radical (unpaired) electrons. The highest BCUT2D eigenvalue weighted by Gasteiger charge is 2.13. The Kier molecular flexibility index (Phi) is 6.72. The van der Waals surface area contributed by atoms with Crippen molar-refractivity contribution in [2.24, 2.45) is 14.1 Å². The van der Waals surface area contributed by atoms with Gasteiger partial charge in [0.05, 0.1) is 17.4 Å². The van der Waals surface area contributed by atoms with Crippen LogP contribution < -0.4 is 15.7 Å². The highest BCUT2D eigenvalue weighted by atomic mass is 16.5. The fraction of sp³-hybridized carbons (Fsp3) is 0.333. The molecule has 0 aliphatic rings. The Balaban J connectivity index is 1.25. The van der Waals surface area contributed by atoms with Crippen molar-refractivity contribution in [1.82, 2.24) is 24.0 Å². The molecule has 4 rings (SSSR count). The first-order valence-corrected chi connectivity index (χ1v) is 10.7. The number of rotatable bonds is 10. The van der Waals surface area contributed by atoms with E-state index in [2.05, 4.69) is 14.9 Å². The van der Waals surface area contributed by atoms with Gasteiger partial charge in [0, 0.05) is 39.6 Å². The standard InChI is InChI=1S/C24H29N5O3/c1-27-21-9-6-19(14-22(21)28(2)24(27)31)23(30)16-32-20-7-4-18(5-8-20)15-25-10-3-12-29-13-11-26-17-29/h4-9,11,13-14,17,23,25,30H,3,10,12,15-16H2,1-2H3/t23-/m0/s1. The number of hydrogen-bond acceptors (Lipinski definition) is 5. The molecule has 0 saturated heterocycles. The van der Waals surface area contributed by atoms with Crippen molar-refractivity contribution in [3.05, 3.63) is 82.8 Å². The fourth-order valence-corrected chi connectivity index (χ4v) is 3.74. The minimum atomic E-state index is -0.786. The highest BCUT2D eigenvalue weighted by Crippen LogP contribution is 2.21. The Labute approximate surface area is 186 Å². The van der Waals surface area contributed by atoms with E-state index in [9.17, 15) is 9.90 Å². The second-order valence-electron chi connectivity index (χ2n) is 7.95. The Morgan fingerprint density at radius 2 is 1.88 bits per heavy atom. The summed E-state index contributed by atoms with van der Waals surface area (Å²) < 4.78 is 11.0. The van der Waals surface area contributed by atoms with Crippen LogP contribution in [0.2, 0.25) is 0 Å². The molecule has 0 amide bonds. The Hall–Kier alpha value is -3.36. The summed E-state index contributed by atoms with van der Waals surface area (Å²) in [6, 6.07) is 13.4. The van der Waals surface area contributed by atoms with Gasteiger partial charge in [-0.1, -0.05) is 18.2 Å². The first-order valence-electron chi connectivity index (χ1n) is 10.7. The molecule has 0 saturated carbocycles. The quantitative estimate of drug-likeness (QED) is 0.374. The third-order valence-corrected chi connectivity index (χ3v) is 5.67. The number of aliphatic hydroxyl groups excluding tert-OH is 1. The smallest absolute Gasteiger partial charge is 0.328 e. The van der Waals surface area contributed by atoms with Crippen LogP contribution in [0.3, 0.4) is 0 Å². The summed E-state index contributed by atoms with van der Waals surface area (Å²) >= 11 is 0. The van der Waals surface area contributed by atoms with Gasteiger partial charge in [-0.2, -0.15) is 0 Å². The molecule has 0 fully saturated rings. The van der Waals surface area contributed by atoms with Crippen molar-refractivity contribution < 1.29 is 9.84 Å². The van der Waals surface area contributed by atoms with Crippen LogP contribution in [-0.2, 0) is 27.2 Å². The molecule has 2 aromatic carbocycles. The van der Waals surface area contributed by atoms with E-state index in [0.29, 0.717) is 5.75 Å². The summed E-state index contributed by atoms with van der Waals surface area (Å²) in [5.74, 6) is 0.709.